The first-order chi connectivity index (χ1) is 9.75. The quantitative estimate of drug-likeness (QED) is 0.709. The second-order valence-corrected chi connectivity index (χ2v) is 5.15. The lowest BCUT2D eigenvalue weighted by Crippen LogP contribution is -1.98. The Kier molecular flexibility index (Phi) is 3.26. The van der Waals surface area contributed by atoms with E-state index in [0.29, 0.717) is 11.1 Å². The largest absolute Gasteiger partial charge is 0.502 e. The van der Waals surface area contributed by atoms with E-state index in [1.54, 1.807) is 24.3 Å². The van der Waals surface area contributed by atoms with E-state index in [1.165, 1.54) is 11.3 Å². The molecule has 0 atom stereocenters. The zero-order chi connectivity index (χ0) is 13.9. The molecular formula is C15H10N2O2S. The maximum Gasteiger partial charge on any atom is 0.231 e. The Morgan fingerprint density at radius 2 is 1.60 bits per heavy atom. The number of benzene rings is 2. The van der Waals surface area contributed by atoms with Crippen LogP contribution in [-0.4, -0.2) is 5.11 Å². The van der Waals surface area contributed by atoms with Crippen LogP contribution in [0, 0.1) is 0 Å². The van der Waals surface area contributed by atoms with Crippen molar-refractivity contribution in [2.45, 2.75) is 0 Å². The fourth-order valence-corrected chi connectivity index (χ4v) is 2.68. The monoisotopic (exact) mass is 282 g/mol. The molecule has 20 heavy (non-hydrogen) atoms. The Bertz CT molecular complexity index is 841. The highest BCUT2D eigenvalue weighted by atomic mass is 32.1. The van der Waals surface area contributed by atoms with Crippen molar-refractivity contribution in [1.29, 1.82) is 0 Å². The molecule has 3 rings (SSSR count). The van der Waals surface area contributed by atoms with Gasteiger partial charge in [-0.3, -0.25) is 4.79 Å². The summed E-state index contributed by atoms with van der Waals surface area (Å²) >= 11 is 1.24. The predicted molar refractivity (Wildman–Crippen MR) is 80.4 cm³/mol. The lowest BCUT2D eigenvalue weighted by atomic mass is 10.2. The summed E-state index contributed by atoms with van der Waals surface area (Å²) in [5.74, 6) is -0.353. The number of hydrogen-bond acceptors (Lipinski definition) is 5. The first-order valence-corrected chi connectivity index (χ1v) is 6.79. The Morgan fingerprint density at radius 1 is 0.900 bits per heavy atom. The van der Waals surface area contributed by atoms with E-state index in [2.05, 4.69) is 10.2 Å². The molecule has 98 valence electrons. The highest BCUT2D eigenvalue weighted by Crippen LogP contribution is 2.34. The molecule has 2 aromatic carbocycles. The van der Waals surface area contributed by atoms with Crippen LogP contribution in [-0.2, 0) is 0 Å². The van der Waals surface area contributed by atoms with Gasteiger partial charge in [-0.1, -0.05) is 30.3 Å². The van der Waals surface area contributed by atoms with Crippen LogP contribution in [0.4, 0.5) is 10.7 Å². The minimum Gasteiger partial charge on any atom is -0.502 e. The van der Waals surface area contributed by atoms with Gasteiger partial charge in [-0.2, -0.15) is 0 Å². The summed E-state index contributed by atoms with van der Waals surface area (Å²) in [4.78, 5) is 12.0. The van der Waals surface area contributed by atoms with Gasteiger partial charge in [0.25, 0.3) is 0 Å². The summed E-state index contributed by atoms with van der Waals surface area (Å²) in [5, 5.41) is 18.6. The first-order valence-electron chi connectivity index (χ1n) is 5.97. The molecule has 0 aliphatic rings. The van der Waals surface area contributed by atoms with Crippen LogP contribution in [0.1, 0.15) is 0 Å². The van der Waals surface area contributed by atoms with E-state index >= 15 is 0 Å². The lowest BCUT2D eigenvalue weighted by molar-refractivity contribution is 0.474. The van der Waals surface area contributed by atoms with Crippen molar-refractivity contribution in [2.75, 3.05) is 0 Å². The highest BCUT2D eigenvalue weighted by molar-refractivity contribution is 7.22. The number of rotatable bonds is 2. The molecule has 0 bridgehead atoms. The number of aromatic hydroxyl groups is 1. The van der Waals surface area contributed by atoms with Crippen LogP contribution in [0.5, 0.6) is 5.75 Å². The maximum atomic E-state index is 12.0. The third kappa shape index (κ3) is 2.31. The van der Waals surface area contributed by atoms with Gasteiger partial charge in [0.15, 0.2) is 5.00 Å². The molecule has 0 unspecified atom stereocenters. The van der Waals surface area contributed by atoms with Gasteiger partial charge in [-0.25, -0.2) is 0 Å². The first kappa shape index (κ1) is 12.5. The standard InChI is InChI=1S/C15H10N2O2S/c18-13-11-8-4-5-9-12(11)20-15(14(13)19)17-16-10-6-2-1-3-7-10/h1-9,19H. The van der Waals surface area contributed by atoms with E-state index in [9.17, 15) is 9.90 Å². The van der Waals surface area contributed by atoms with Crippen molar-refractivity contribution >= 4 is 32.1 Å². The molecule has 1 aromatic heterocycles. The van der Waals surface area contributed by atoms with Crippen LogP contribution < -0.4 is 5.43 Å². The van der Waals surface area contributed by atoms with Gasteiger partial charge in [-0.05, 0) is 24.3 Å². The fraction of sp³-hybridized carbons (Fsp3) is 0. The summed E-state index contributed by atoms with van der Waals surface area (Å²) in [5.41, 5.74) is 0.251. The molecule has 1 heterocycles. The number of hydrogen-bond donors (Lipinski definition) is 1. The predicted octanol–water partition coefficient (Wildman–Crippen LogP) is 4.38. The molecule has 0 spiro atoms. The summed E-state index contributed by atoms with van der Waals surface area (Å²) < 4.78 is 0.775. The highest BCUT2D eigenvalue weighted by Gasteiger charge is 2.10. The SMILES string of the molecule is O=c1c(O)c(N=Nc2ccccc2)sc2ccccc12. The third-order valence-electron chi connectivity index (χ3n) is 2.77. The minimum absolute atomic E-state index is 0.220. The molecule has 0 fully saturated rings. The van der Waals surface area contributed by atoms with Crippen molar-refractivity contribution < 1.29 is 5.11 Å². The molecule has 3 aromatic rings. The van der Waals surface area contributed by atoms with E-state index < -0.39 is 5.43 Å². The zero-order valence-electron chi connectivity index (χ0n) is 10.4. The van der Waals surface area contributed by atoms with Gasteiger partial charge >= 0.3 is 0 Å². The topological polar surface area (TPSA) is 62.0 Å². The van der Waals surface area contributed by atoms with Crippen LogP contribution >= 0.6 is 11.3 Å². The Balaban J connectivity index is 2.11. The van der Waals surface area contributed by atoms with Gasteiger partial charge in [0.05, 0.1) is 5.69 Å². The van der Waals surface area contributed by atoms with Gasteiger partial charge in [0.2, 0.25) is 11.2 Å². The summed E-state index contributed by atoms with van der Waals surface area (Å²) in [6, 6.07) is 16.3. The molecule has 0 amide bonds. The Morgan fingerprint density at radius 3 is 2.40 bits per heavy atom. The van der Waals surface area contributed by atoms with Crippen LogP contribution in [0.15, 0.2) is 69.6 Å². The van der Waals surface area contributed by atoms with Crippen molar-refractivity contribution in [2.24, 2.45) is 10.2 Å². The molecular weight excluding hydrogens is 272 g/mol. The second-order valence-electron chi connectivity index (χ2n) is 4.12. The number of azo groups is 1. The van der Waals surface area contributed by atoms with Crippen LogP contribution in [0.2, 0.25) is 0 Å². The third-order valence-corrected chi connectivity index (χ3v) is 3.81. The van der Waals surface area contributed by atoms with Gasteiger partial charge in [-0.15, -0.1) is 21.6 Å². The summed E-state index contributed by atoms with van der Waals surface area (Å²) in [7, 11) is 0. The van der Waals surface area contributed by atoms with Crippen molar-refractivity contribution in [3.05, 3.63) is 64.8 Å². The van der Waals surface area contributed by atoms with E-state index in [-0.39, 0.29) is 10.8 Å². The average molecular weight is 282 g/mol. The second kappa shape index (κ2) is 5.22. The Labute approximate surface area is 118 Å². The smallest absolute Gasteiger partial charge is 0.231 e. The molecule has 5 heteroatoms. The number of fused-ring (bicyclic) bond motifs is 1. The van der Waals surface area contributed by atoms with Gasteiger partial charge < -0.3 is 5.11 Å². The molecule has 0 aliphatic heterocycles. The minimum atomic E-state index is -0.415. The fourth-order valence-electron chi connectivity index (χ4n) is 1.79. The summed E-state index contributed by atoms with van der Waals surface area (Å²) in [6.45, 7) is 0. The summed E-state index contributed by atoms with van der Waals surface area (Å²) in [6.07, 6.45) is 0. The average Bonchev–Trinajstić information content (AvgIpc) is 2.50. The van der Waals surface area contributed by atoms with Crippen molar-refractivity contribution in [1.82, 2.24) is 0 Å². The molecule has 1 N–H and O–H groups in total. The van der Waals surface area contributed by atoms with Crippen LogP contribution in [0.25, 0.3) is 10.1 Å². The van der Waals surface area contributed by atoms with Crippen molar-refractivity contribution in [3.8, 4) is 5.75 Å². The van der Waals surface area contributed by atoms with E-state index in [0.717, 1.165) is 4.70 Å². The van der Waals surface area contributed by atoms with Gasteiger partial charge in [0.1, 0.15) is 0 Å². The molecule has 4 nitrogen and oxygen atoms in total. The van der Waals surface area contributed by atoms with Crippen molar-refractivity contribution in [3.63, 3.8) is 0 Å². The maximum absolute atomic E-state index is 12.0. The number of nitrogens with zero attached hydrogens (tertiary/aromatic N) is 2. The molecule has 0 saturated heterocycles. The molecule has 0 aliphatic carbocycles. The lowest BCUT2D eigenvalue weighted by Gasteiger charge is -2.00. The molecule has 0 radical (unpaired) electrons. The molecule has 0 saturated carbocycles. The normalized spacial score (nSPS) is 11.2. The Hall–Kier alpha value is -2.53. The van der Waals surface area contributed by atoms with E-state index in [4.69, 9.17) is 0 Å². The van der Waals surface area contributed by atoms with Crippen LogP contribution in [0.3, 0.4) is 0 Å². The van der Waals surface area contributed by atoms with E-state index in [1.807, 2.05) is 30.3 Å². The van der Waals surface area contributed by atoms with Gasteiger partial charge in [0, 0.05) is 10.1 Å². The zero-order valence-corrected chi connectivity index (χ0v) is 11.2.